The zero-order valence-electron chi connectivity index (χ0n) is 19.5. The Bertz CT molecular complexity index is 940. The third-order valence-corrected chi connectivity index (χ3v) is 11.0. The summed E-state index contributed by atoms with van der Waals surface area (Å²) in [5.41, 5.74) is 7.58. The number of ether oxygens (including phenoxy) is 1. The van der Waals surface area contributed by atoms with Crippen molar-refractivity contribution >= 4 is 26.0 Å². The Hall–Kier alpha value is -2.04. The van der Waals surface area contributed by atoms with Gasteiger partial charge in [-0.25, -0.2) is 4.79 Å². The fraction of sp³-hybridized carbons (Fsp3) is 0.571. The maximum Gasteiger partial charge on any atom is 0.336 e. The molecule has 1 atom stereocenters. The summed E-state index contributed by atoms with van der Waals surface area (Å²) in [4.78, 5) is 16.3. The van der Waals surface area contributed by atoms with Crippen LogP contribution in [0.25, 0.3) is 0 Å². The summed E-state index contributed by atoms with van der Waals surface area (Å²) in [7, 11) is -0.683. The van der Waals surface area contributed by atoms with E-state index in [4.69, 9.17) is 19.4 Å². The molecule has 0 bridgehead atoms. The molecule has 0 aliphatic rings. The second-order valence-electron chi connectivity index (χ2n) is 9.02. The Balaban J connectivity index is 2.40. The minimum Gasteiger partial charge on any atom is -0.543 e. The summed E-state index contributed by atoms with van der Waals surface area (Å²) in [6.45, 7) is 14.2. The molecule has 8 nitrogen and oxygen atoms in total. The molecule has 2 aromatic rings. The van der Waals surface area contributed by atoms with E-state index in [0.29, 0.717) is 45.8 Å². The molecule has 1 aromatic heterocycles. The van der Waals surface area contributed by atoms with E-state index in [9.17, 15) is 9.90 Å². The molecule has 0 fully saturated rings. The average Bonchev–Trinajstić information content (AvgIpc) is 3.08. The van der Waals surface area contributed by atoms with E-state index >= 15 is 0 Å². The molecule has 0 saturated carbocycles. The van der Waals surface area contributed by atoms with Crippen LogP contribution in [0.15, 0.2) is 10.6 Å². The molecule has 0 saturated heterocycles. The number of aromatic carboxylic acids is 1. The second-order valence-corrected chi connectivity index (χ2v) is 14.8. The van der Waals surface area contributed by atoms with Gasteiger partial charge in [-0.2, -0.15) is 16.7 Å². The van der Waals surface area contributed by atoms with Crippen molar-refractivity contribution in [2.75, 3.05) is 12.9 Å². The first-order chi connectivity index (χ1) is 14.3. The topological polar surface area (TPSA) is 121 Å². The number of hydrogen-bond acceptors (Lipinski definition) is 8. The van der Waals surface area contributed by atoms with E-state index in [-0.39, 0.29) is 10.6 Å². The van der Waals surface area contributed by atoms with Crippen molar-refractivity contribution in [3.63, 3.8) is 0 Å². The zero-order valence-corrected chi connectivity index (χ0v) is 21.3. The van der Waals surface area contributed by atoms with E-state index < -0.39 is 20.3 Å². The number of methoxy groups -OCH3 is 1. The normalized spacial score (nSPS) is 13.2. The van der Waals surface area contributed by atoms with Gasteiger partial charge in [-0.15, -0.1) is 0 Å². The number of carbonyl (C=O) groups is 1. The molecule has 10 heteroatoms. The van der Waals surface area contributed by atoms with E-state index in [0.717, 1.165) is 0 Å². The monoisotopic (exact) mass is 467 g/mol. The predicted octanol–water partition coefficient (Wildman–Crippen LogP) is 4.71. The molecular weight excluding hydrogens is 434 g/mol. The number of thioether (sulfide) groups is 1. The van der Waals surface area contributed by atoms with Crippen LogP contribution in [0, 0.1) is 13.8 Å². The average molecular weight is 468 g/mol. The largest absolute Gasteiger partial charge is 0.543 e. The summed E-state index contributed by atoms with van der Waals surface area (Å²) < 4.78 is 17.1. The SMILES string of the molecule is COc1cc(O[Si](C)(C)C(C)(C)C)c(CSC[C@H](N)c2nc(C)no2)c(C(=O)O)c1C. The molecule has 0 radical (unpaired) electrons. The first kappa shape index (κ1) is 25.2. The van der Waals surface area contributed by atoms with E-state index in [1.165, 1.54) is 18.9 Å². The van der Waals surface area contributed by atoms with E-state index in [2.05, 4.69) is 44.0 Å². The highest BCUT2D eigenvalue weighted by molar-refractivity contribution is 7.98. The lowest BCUT2D eigenvalue weighted by atomic mass is 10.0. The first-order valence-electron chi connectivity index (χ1n) is 10.0. The van der Waals surface area contributed by atoms with E-state index in [1.54, 1.807) is 19.9 Å². The number of nitrogens with zero attached hydrogens (tertiary/aromatic N) is 2. The van der Waals surface area contributed by atoms with Crippen molar-refractivity contribution in [1.82, 2.24) is 10.1 Å². The minimum absolute atomic E-state index is 0.0446. The standard InChI is InChI=1S/C21H33N3O5SSi/c1-12-16(27-6)9-17(29-31(7,8)21(3,4)5)14(18(12)20(25)26)10-30-11-15(22)19-23-13(2)24-28-19/h9,15H,10-11,22H2,1-8H3,(H,25,26)/t15-/m0/s1. The maximum absolute atomic E-state index is 12.2. The molecule has 0 unspecified atom stereocenters. The van der Waals surface area contributed by atoms with Gasteiger partial charge in [0.2, 0.25) is 14.2 Å². The van der Waals surface area contributed by atoms with Crippen LogP contribution in [0.3, 0.4) is 0 Å². The molecule has 0 amide bonds. The molecule has 3 N–H and O–H groups in total. The Morgan fingerprint density at radius 2 is 1.97 bits per heavy atom. The van der Waals surface area contributed by atoms with Gasteiger partial charge in [0.05, 0.1) is 18.7 Å². The number of hydrogen-bond donors (Lipinski definition) is 2. The number of aryl methyl sites for hydroxylation is 1. The van der Waals surface area contributed by atoms with Crippen LogP contribution >= 0.6 is 11.8 Å². The van der Waals surface area contributed by atoms with Crippen LogP contribution < -0.4 is 14.9 Å². The van der Waals surface area contributed by atoms with Gasteiger partial charge in [0.1, 0.15) is 11.5 Å². The van der Waals surface area contributed by atoms with Gasteiger partial charge < -0.3 is 24.5 Å². The lowest BCUT2D eigenvalue weighted by Gasteiger charge is -2.37. The van der Waals surface area contributed by atoms with Gasteiger partial charge in [0.25, 0.3) is 0 Å². The van der Waals surface area contributed by atoms with Gasteiger partial charge in [-0.3, -0.25) is 0 Å². The Kier molecular flexibility index (Phi) is 7.83. The molecular formula is C21H33N3O5SSi. The van der Waals surface area contributed by atoms with Crippen molar-refractivity contribution in [1.29, 1.82) is 0 Å². The third-order valence-electron chi connectivity index (χ3n) is 5.62. The summed E-state index contributed by atoms with van der Waals surface area (Å²) >= 11 is 1.50. The van der Waals surface area contributed by atoms with Crippen molar-refractivity contribution in [3.8, 4) is 11.5 Å². The fourth-order valence-corrected chi connectivity index (χ4v) is 4.82. The van der Waals surface area contributed by atoms with Gasteiger partial charge in [0, 0.05) is 28.7 Å². The van der Waals surface area contributed by atoms with Crippen LogP contribution in [-0.4, -0.2) is 42.4 Å². The lowest BCUT2D eigenvalue weighted by Crippen LogP contribution is -2.44. The predicted molar refractivity (Wildman–Crippen MR) is 125 cm³/mol. The maximum atomic E-state index is 12.2. The molecule has 1 aromatic carbocycles. The summed E-state index contributed by atoms with van der Waals surface area (Å²) in [6, 6.07) is 1.36. The number of aromatic nitrogens is 2. The van der Waals surface area contributed by atoms with Gasteiger partial charge in [-0.05, 0) is 32.0 Å². The highest BCUT2D eigenvalue weighted by Gasteiger charge is 2.40. The number of benzene rings is 1. The zero-order chi connectivity index (χ0) is 23.6. The van der Waals surface area contributed by atoms with Crippen LogP contribution in [0.4, 0.5) is 0 Å². The number of carboxylic acids is 1. The van der Waals surface area contributed by atoms with Gasteiger partial charge >= 0.3 is 5.97 Å². The second kappa shape index (κ2) is 9.62. The minimum atomic E-state index is -2.21. The number of rotatable bonds is 9. The van der Waals surface area contributed by atoms with Crippen LogP contribution in [-0.2, 0) is 5.75 Å². The Labute approximate surface area is 189 Å². The molecule has 0 spiro atoms. The Morgan fingerprint density at radius 1 is 1.32 bits per heavy atom. The molecule has 0 aliphatic carbocycles. The Morgan fingerprint density at radius 3 is 2.45 bits per heavy atom. The van der Waals surface area contributed by atoms with Crippen LogP contribution in [0.1, 0.15) is 60.0 Å². The molecule has 31 heavy (non-hydrogen) atoms. The molecule has 2 rings (SSSR count). The highest BCUT2D eigenvalue weighted by atomic mass is 32.2. The van der Waals surface area contributed by atoms with Gasteiger partial charge in [0.15, 0.2) is 5.82 Å². The van der Waals surface area contributed by atoms with Crippen molar-refractivity contribution in [2.45, 2.75) is 64.5 Å². The molecule has 0 aliphatic heterocycles. The third kappa shape index (κ3) is 5.81. The highest BCUT2D eigenvalue weighted by Crippen LogP contribution is 2.42. The van der Waals surface area contributed by atoms with Gasteiger partial charge in [-0.1, -0.05) is 25.9 Å². The number of carboxylic acid groups (broad SMARTS) is 1. The quantitative estimate of drug-likeness (QED) is 0.505. The van der Waals surface area contributed by atoms with Crippen molar-refractivity contribution < 1.29 is 23.6 Å². The summed E-state index contributed by atoms with van der Waals surface area (Å²) in [5.74, 6) is 1.84. The molecule has 1 heterocycles. The van der Waals surface area contributed by atoms with Crippen LogP contribution in [0.5, 0.6) is 11.5 Å². The first-order valence-corrected chi connectivity index (χ1v) is 14.1. The lowest BCUT2D eigenvalue weighted by molar-refractivity contribution is 0.0694. The van der Waals surface area contributed by atoms with Crippen molar-refractivity contribution in [2.24, 2.45) is 5.73 Å². The summed E-state index contributed by atoms with van der Waals surface area (Å²) in [6.07, 6.45) is 0. The fourth-order valence-electron chi connectivity index (χ4n) is 2.77. The van der Waals surface area contributed by atoms with Crippen molar-refractivity contribution in [3.05, 3.63) is 34.5 Å². The van der Waals surface area contributed by atoms with E-state index in [1.807, 2.05) is 0 Å². The number of nitrogens with two attached hydrogens (primary N) is 1. The van der Waals surface area contributed by atoms with Crippen LogP contribution in [0.2, 0.25) is 18.1 Å². The molecule has 172 valence electrons. The summed E-state index contributed by atoms with van der Waals surface area (Å²) in [5, 5.41) is 13.7. The smallest absolute Gasteiger partial charge is 0.336 e.